The molecule has 0 N–H and O–H groups in total. The number of thiophene rings is 1. The highest BCUT2D eigenvalue weighted by Gasteiger charge is 2.22. The van der Waals surface area contributed by atoms with Gasteiger partial charge in [-0.05, 0) is 157 Å². The standard InChI is InChI=1S/C72H45N3S/c1-45-15-13-14-40-73(50-31-26-46(27-32-50)47-28-34-57-55-20-6-5-18-53(55)54-19-7-8-21-56(54)61(57)41-47)69-38-35-60-64-44-52(33-39-70(64)76-72(60)71(45)69)75-66-25-12-10-23-59(66)63-43-49(30-37-68(63)75)48-29-36-67-62(42-48)58-22-9-11-24-65(58)74(67)51-16-3-2-4-17-51/h2-44H,1H2/b15-13-,40-14-. The largest absolute Gasteiger partial charge is 0.317 e. The fourth-order valence-corrected chi connectivity index (χ4v) is 13.8. The van der Waals surface area contributed by atoms with Gasteiger partial charge < -0.3 is 14.0 Å². The van der Waals surface area contributed by atoms with Crippen molar-refractivity contribution in [1.29, 1.82) is 0 Å². The molecule has 0 saturated heterocycles. The lowest BCUT2D eigenvalue weighted by Crippen LogP contribution is -2.11. The number of fused-ring (bicyclic) bond motifs is 17. The summed E-state index contributed by atoms with van der Waals surface area (Å²) in [5, 5.41) is 15.2. The third kappa shape index (κ3) is 6.41. The highest BCUT2D eigenvalue weighted by Crippen LogP contribution is 2.47. The smallest absolute Gasteiger partial charge is 0.0548 e. The third-order valence-electron chi connectivity index (χ3n) is 16.0. The molecule has 0 spiro atoms. The molecule has 0 atom stereocenters. The lowest BCUT2D eigenvalue weighted by atomic mass is 9.92. The molecule has 0 radical (unpaired) electrons. The number of para-hydroxylation sites is 3. The Labute approximate surface area is 442 Å². The van der Waals surface area contributed by atoms with Gasteiger partial charge >= 0.3 is 0 Å². The summed E-state index contributed by atoms with van der Waals surface area (Å²) < 4.78 is 7.31. The predicted molar refractivity (Wildman–Crippen MR) is 327 cm³/mol. The maximum Gasteiger partial charge on any atom is 0.0548 e. The first-order valence-corrected chi connectivity index (χ1v) is 26.8. The van der Waals surface area contributed by atoms with E-state index in [1.165, 1.54) is 124 Å². The quantitative estimate of drug-likeness (QED) is 0.157. The van der Waals surface area contributed by atoms with Gasteiger partial charge in [0, 0.05) is 70.5 Å². The summed E-state index contributed by atoms with van der Waals surface area (Å²) in [5.41, 5.74) is 16.3. The molecular weight excluding hydrogens is 939 g/mol. The van der Waals surface area contributed by atoms with Crippen LogP contribution in [0.15, 0.2) is 268 Å². The van der Waals surface area contributed by atoms with Crippen LogP contribution in [0.2, 0.25) is 0 Å². The number of allylic oxidation sites excluding steroid dienone is 4. The molecule has 0 amide bonds. The number of rotatable bonds is 5. The molecule has 354 valence electrons. The molecule has 1 aliphatic heterocycles. The van der Waals surface area contributed by atoms with Crippen LogP contribution in [0, 0.1) is 0 Å². The van der Waals surface area contributed by atoms with Crippen LogP contribution in [0.1, 0.15) is 5.56 Å². The molecule has 3 nitrogen and oxygen atoms in total. The van der Waals surface area contributed by atoms with Crippen molar-refractivity contribution in [2.75, 3.05) is 4.90 Å². The minimum atomic E-state index is 0.994. The lowest BCUT2D eigenvalue weighted by Gasteiger charge is -2.26. The molecule has 0 bridgehead atoms. The summed E-state index contributed by atoms with van der Waals surface area (Å²) >= 11 is 1.85. The molecule has 0 saturated carbocycles. The molecule has 0 aliphatic carbocycles. The highest BCUT2D eigenvalue weighted by atomic mass is 32.1. The van der Waals surface area contributed by atoms with E-state index in [0.717, 1.165) is 28.2 Å². The Morgan fingerprint density at radius 1 is 0.316 bits per heavy atom. The third-order valence-corrected chi connectivity index (χ3v) is 17.2. The van der Waals surface area contributed by atoms with Crippen molar-refractivity contribution in [2.45, 2.75) is 0 Å². The fourth-order valence-electron chi connectivity index (χ4n) is 12.5. The molecule has 12 aromatic carbocycles. The molecule has 0 fully saturated rings. The monoisotopic (exact) mass is 983 g/mol. The van der Waals surface area contributed by atoms with E-state index in [1.54, 1.807) is 0 Å². The molecule has 76 heavy (non-hydrogen) atoms. The van der Waals surface area contributed by atoms with E-state index in [0.29, 0.717) is 0 Å². The second-order valence-electron chi connectivity index (χ2n) is 20.1. The van der Waals surface area contributed by atoms with Crippen molar-refractivity contribution in [2.24, 2.45) is 0 Å². The molecular formula is C72H45N3S. The van der Waals surface area contributed by atoms with Crippen molar-refractivity contribution in [3.05, 3.63) is 273 Å². The number of benzene rings is 12. The first-order chi connectivity index (χ1) is 37.6. The van der Waals surface area contributed by atoms with Gasteiger partial charge in [0.05, 0.1) is 27.8 Å². The molecule has 3 aromatic heterocycles. The topological polar surface area (TPSA) is 13.1 Å². The molecule has 4 heteroatoms. The van der Waals surface area contributed by atoms with E-state index in [-0.39, 0.29) is 0 Å². The number of nitrogens with zero attached hydrogens (tertiary/aromatic N) is 3. The van der Waals surface area contributed by atoms with Crippen LogP contribution in [0.3, 0.4) is 0 Å². The van der Waals surface area contributed by atoms with Gasteiger partial charge in [-0.2, -0.15) is 0 Å². The van der Waals surface area contributed by atoms with Gasteiger partial charge in [-0.1, -0.05) is 164 Å². The van der Waals surface area contributed by atoms with E-state index >= 15 is 0 Å². The van der Waals surface area contributed by atoms with Crippen LogP contribution in [0.4, 0.5) is 11.4 Å². The zero-order valence-corrected chi connectivity index (χ0v) is 42.1. The summed E-state index contributed by atoms with van der Waals surface area (Å²) in [6.07, 6.45) is 8.54. The van der Waals surface area contributed by atoms with E-state index in [1.807, 2.05) is 11.3 Å². The van der Waals surface area contributed by atoms with Gasteiger partial charge in [0.1, 0.15) is 0 Å². The number of aromatic nitrogens is 2. The molecule has 1 aliphatic rings. The van der Waals surface area contributed by atoms with Crippen LogP contribution in [0.5, 0.6) is 0 Å². The van der Waals surface area contributed by atoms with Gasteiger partial charge in [-0.15, -0.1) is 11.3 Å². The second-order valence-corrected chi connectivity index (χ2v) is 21.2. The van der Waals surface area contributed by atoms with Crippen LogP contribution in [-0.2, 0) is 0 Å². The van der Waals surface area contributed by atoms with Gasteiger partial charge in [-0.3, -0.25) is 0 Å². The minimum Gasteiger partial charge on any atom is -0.317 e. The summed E-state index contributed by atoms with van der Waals surface area (Å²) in [6.45, 7) is 4.68. The Kier molecular flexibility index (Phi) is 9.36. The number of anilines is 2. The first-order valence-electron chi connectivity index (χ1n) is 26.0. The predicted octanol–water partition coefficient (Wildman–Crippen LogP) is 20.3. The highest BCUT2D eigenvalue weighted by molar-refractivity contribution is 7.26. The maximum atomic E-state index is 4.68. The first kappa shape index (κ1) is 42.7. The Bertz CT molecular complexity index is 4970. The summed E-state index contributed by atoms with van der Waals surface area (Å²) in [5.74, 6) is 0. The van der Waals surface area contributed by atoms with Crippen LogP contribution in [-0.4, -0.2) is 9.13 Å². The number of hydrogen-bond acceptors (Lipinski definition) is 2. The van der Waals surface area contributed by atoms with Gasteiger partial charge in [0.25, 0.3) is 0 Å². The molecule has 15 aromatic rings. The fraction of sp³-hybridized carbons (Fsp3) is 0. The zero-order chi connectivity index (χ0) is 50.0. The Balaban J connectivity index is 0.774. The van der Waals surface area contributed by atoms with Crippen molar-refractivity contribution < 1.29 is 0 Å². The maximum absolute atomic E-state index is 4.68. The Morgan fingerprint density at radius 2 is 0.803 bits per heavy atom. The second kappa shape index (κ2) is 16.6. The van der Waals surface area contributed by atoms with E-state index in [9.17, 15) is 0 Å². The average Bonchev–Trinajstić information content (AvgIpc) is 4.18. The van der Waals surface area contributed by atoms with Gasteiger partial charge in [-0.25, -0.2) is 0 Å². The molecule has 16 rings (SSSR count). The van der Waals surface area contributed by atoms with E-state index < -0.39 is 0 Å². The summed E-state index contributed by atoms with van der Waals surface area (Å²) in [4.78, 5) is 2.32. The summed E-state index contributed by atoms with van der Waals surface area (Å²) in [6, 6.07) is 87.4. The zero-order valence-electron chi connectivity index (χ0n) is 41.3. The minimum absolute atomic E-state index is 0.994. The van der Waals surface area contributed by atoms with Crippen molar-refractivity contribution in [3.8, 4) is 33.6 Å². The van der Waals surface area contributed by atoms with E-state index in [2.05, 4.69) is 282 Å². The molecule has 0 unspecified atom stereocenters. The normalized spacial score (nSPS) is 13.7. The van der Waals surface area contributed by atoms with Gasteiger partial charge in [0.2, 0.25) is 0 Å². The van der Waals surface area contributed by atoms with Gasteiger partial charge in [0.15, 0.2) is 0 Å². The lowest BCUT2D eigenvalue weighted by molar-refractivity contribution is 1.18. The van der Waals surface area contributed by atoms with Crippen molar-refractivity contribution in [3.63, 3.8) is 0 Å². The Morgan fingerprint density at radius 3 is 1.46 bits per heavy atom. The van der Waals surface area contributed by atoms with E-state index in [4.69, 9.17) is 0 Å². The van der Waals surface area contributed by atoms with Crippen LogP contribution >= 0.6 is 11.3 Å². The number of hydrogen-bond donors (Lipinski definition) is 0. The van der Waals surface area contributed by atoms with Crippen molar-refractivity contribution >= 4 is 124 Å². The van der Waals surface area contributed by atoms with Crippen LogP contribution < -0.4 is 4.90 Å². The van der Waals surface area contributed by atoms with Crippen molar-refractivity contribution in [1.82, 2.24) is 9.13 Å². The Hall–Kier alpha value is -9.74. The SMILES string of the molecule is C=C1/C=C\C=C/N(c2ccc(-c3ccc4c5ccccc5c5ccccc5c4c3)cc2)c2ccc3c(sc4ccc(-n5c6ccccc6c6cc(-c7ccc8c(c7)c7ccccc7n8-c7ccccc7)ccc65)cc43)c21. The van der Waals surface area contributed by atoms with Crippen LogP contribution in [0.25, 0.3) is 135 Å². The average molecular weight is 984 g/mol. The summed E-state index contributed by atoms with van der Waals surface area (Å²) in [7, 11) is 0. The molecule has 4 heterocycles.